The Hall–Kier alpha value is -2.28. The van der Waals surface area contributed by atoms with Gasteiger partial charge in [-0.05, 0) is 99.7 Å². The summed E-state index contributed by atoms with van der Waals surface area (Å²) in [5, 5.41) is 0. The van der Waals surface area contributed by atoms with Crippen LogP contribution in [0.5, 0.6) is 0 Å². The molecule has 0 spiro atoms. The van der Waals surface area contributed by atoms with Crippen LogP contribution in [0, 0.1) is 11.6 Å². The molecule has 2 aromatic rings. The fourth-order valence-electron chi connectivity index (χ4n) is 6.74. The summed E-state index contributed by atoms with van der Waals surface area (Å²) in [5.41, 5.74) is -3.61. The molecule has 0 saturated carbocycles. The molecule has 43 heavy (non-hydrogen) atoms. The highest BCUT2D eigenvalue weighted by molar-refractivity contribution is 5.34. The Bertz CT molecular complexity index is 1210. The van der Waals surface area contributed by atoms with Gasteiger partial charge in [0.1, 0.15) is 5.60 Å². The Labute approximate surface area is 246 Å². The highest BCUT2D eigenvalue weighted by Crippen LogP contribution is 2.39. The van der Waals surface area contributed by atoms with Crippen molar-refractivity contribution in [3.63, 3.8) is 0 Å². The quantitative estimate of drug-likeness (QED) is 0.309. The lowest BCUT2D eigenvalue weighted by Gasteiger charge is -2.45. The first kappa shape index (κ1) is 32.1. The summed E-state index contributed by atoms with van der Waals surface area (Å²) in [4.78, 5) is 6.61. The summed E-state index contributed by atoms with van der Waals surface area (Å²) in [5.74, 6) is -2.07. The zero-order valence-electron chi connectivity index (χ0n) is 23.9. The van der Waals surface area contributed by atoms with Crippen molar-refractivity contribution >= 4 is 0 Å². The molecule has 1 atom stereocenters. The molecule has 3 aliphatic rings. The molecule has 2 aromatic carbocycles. The van der Waals surface area contributed by atoms with Gasteiger partial charge < -0.3 is 14.5 Å². The van der Waals surface area contributed by atoms with Gasteiger partial charge in [0, 0.05) is 32.2 Å². The fourth-order valence-corrected chi connectivity index (χ4v) is 6.74. The lowest BCUT2D eigenvalue weighted by atomic mass is 9.87. The zero-order valence-corrected chi connectivity index (χ0v) is 23.9. The molecule has 1 unspecified atom stereocenters. The smallest absolute Gasteiger partial charge is 0.368 e. The van der Waals surface area contributed by atoms with Gasteiger partial charge in [0.15, 0.2) is 11.6 Å². The predicted molar refractivity (Wildman–Crippen MR) is 145 cm³/mol. The molecule has 3 saturated heterocycles. The summed E-state index contributed by atoms with van der Waals surface area (Å²) < 4.78 is 115. The molecule has 0 aliphatic carbocycles. The maximum atomic E-state index is 14.4. The molecule has 238 valence electrons. The van der Waals surface area contributed by atoms with Crippen LogP contribution in [0.2, 0.25) is 0 Å². The van der Waals surface area contributed by atoms with E-state index in [1.165, 1.54) is 25.3 Å². The number of nitrogens with zero attached hydrogens (tertiary/aromatic N) is 3. The van der Waals surface area contributed by atoms with Crippen LogP contribution in [0.3, 0.4) is 0 Å². The van der Waals surface area contributed by atoms with E-state index in [-0.39, 0.29) is 37.9 Å². The van der Waals surface area contributed by atoms with E-state index in [9.17, 15) is 35.1 Å². The Morgan fingerprint density at radius 3 is 2.00 bits per heavy atom. The van der Waals surface area contributed by atoms with Crippen molar-refractivity contribution in [3.8, 4) is 0 Å². The molecule has 3 heterocycles. The van der Waals surface area contributed by atoms with E-state index in [1.807, 2.05) is 0 Å². The molecule has 0 bridgehead atoms. The van der Waals surface area contributed by atoms with E-state index in [4.69, 9.17) is 4.74 Å². The average Bonchev–Trinajstić information content (AvgIpc) is 2.97. The zero-order chi connectivity index (χ0) is 30.8. The standard InChI is InChI=1S/C31H37F8N3O/c32-27-5-4-23(19-28(27)33)29(8-13-40-11-6-26(7-12-40)42-9-2-1-3-10-42)21-41(14-15-43-29)20-22-16-24(30(34,35)36)18-25(17-22)31(37,38)39/h4-5,16-19,26H,1-3,6-15,20-21H2. The second-order valence-corrected chi connectivity index (χ2v) is 12.0. The van der Waals surface area contributed by atoms with Gasteiger partial charge in [-0.15, -0.1) is 0 Å². The number of halogens is 8. The Kier molecular flexibility index (Phi) is 9.70. The van der Waals surface area contributed by atoms with Crippen molar-refractivity contribution in [2.45, 2.75) is 69.1 Å². The number of piperidine rings is 2. The molecule has 12 heteroatoms. The maximum Gasteiger partial charge on any atom is 0.416 e. The normalized spacial score (nSPS) is 24.0. The summed E-state index contributed by atoms with van der Waals surface area (Å²) in [6, 6.07) is 5.66. The number of morpholine rings is 1. The van der Waals surface area contributed by atoms with Crippen molar-refractivity contribution < 1.29 is 39.9 Å². The lowest BCUT2D eigenvalue weighted by molar-refractivity contribution is -0.143. The molecule has 3 aliphatic heterocycles. The van der Waals surface area contributed by atoms with E-state index in [0.717, 1.165) is 63.3 Å². The molecular formula is C31H37F8N3O. The number of benzene rings is 2. The first-order chi connectivity index (χ1) is 20.3. The summed E-state index contributed by atoms with van der Waals surface area (Å²) in [6.07, 6.45) is -3.71. The van der Waals surface area contributed by atoms with Crippen LogP contribution >= 0.6 is 0 Å². The van der Waals surface area contributed by atoms with Crippen LogP contribution in [0.25, 0.3) is 0 Å². The fraction of sp³-hybridized carbons (Fsp3) is 0.613. The molecule has 0 radical (unpaired) electrons. The summed E-state index contributed by atoms with van der Waals surface area (Å²) in [7, 11) is 0. The van der Waals surface area contributed by atoms with Gasteiger partial charge in [0.2, 0.25) is 0 Å². The summed E-state index contributed by atoms with van der Waals surface area (Å²) in [6.45, 7) is 4.90. The monoisotopic (exact) mass is 619 g/mol. The van der Waals surface area contributed by atoms with Gasteiger partial charge in [0.25, 0.3) is 0 Å². The highest BCUT2D eigenvalue weighted by Gasteiger charge is 2.41. The number of ether oxygens (including phenoxy) is 1. The molecule has 0 aromatic heterocycles. The number of rotatable bonds is 7. The third-order valence-corrected chi connectivity index (χ3v) is 9.06. The predicted octanol–water partition coefficient (Wildman–Crippen LogP) is 7.07. The Morgan fingerprint density at radius 1 is 0.744 bits per heavy atom. The SMILES string of the molecule is Fc1ccc(C2(CCN3CCC(N4CCCCC4)CC3)CN(Cc3cc(C(F)(F)F)cc(C(F)(F)F)c3)CCO2)cc1F. The van der Waals surface area contributed by atoms with E-state index < -0.39 is 40.7 Å². The van der Waals surface area contributed by atoms with E-state index in [0.29, 0.717) is 24.6 Å². The number of alkyl halides is 6. The Morgan fingerprint density at radius 2 is 1.40 bits per heavy atom. The average molecular weight is 620 g/mol. The van der Waals surface area contributed by atoms with Crippen LogP contribution in [0.4, 0.5) is 35.1 Å². The van der Waals surface area contributed by atoms with Crippen LogP contribution in [-0.2, 0) is 29.2 Å². The molecule has 4 nitrogen and oxygen atoms in total. The lowest BCUT2D eigenvalue weighted by Crippen LogP contribution is -2.52. The topological polar surface area (TPSA) is 19.0 Å². The number of hydrogen-bond acceptors (Lipinski definition) is 4. The van der Waals surface area contributed by atoms with E-state index in [2.05, 4.69) is 9.80 Å². The van der Waals surface area contributed by atoms with Crippen LogP contribution in [-0.4, -0.2) is 73.2 Å². The molecule has 0 amide bonds. The van der Waals surface area contributed by atoms with Gasteiger partial charge in [-0.2, -0.15) is 26.3 Å². The third-order valence-electron chi connectivity index (χ3n) is 9.06. The highest BCUT2D eigenvalue weighted by atomic mass is 19.4. The molecule has 0 N–H and O–H groups in total. The van der Waals surface area contributed by atoms with Crippen LogP contribution in [0.1, 0.15) is 60.8 Å². The van der Waals surface area contributed by atoms with Crippen molar-refractivity contribution in [1.82, 2.24) is 14.7 Å². The minimum atomic E-state index is -4.95. The first-order valence-corrected chi connectivity index (χ1v) is 14.9. The minimum absolute atomic E-state index is 0.0971. The molecule has 5 rings (SSSR count). The van der Waals surface area contributed by atoms with Crippen molar-refractivity contribution in [2.24, 2.45) is 0 Å². The molecule has 3 fully saturated rings. The number of hydrogen-bond donors (Lipinski definition) is 0. The van der Waals surface area contributed by atoms with E-state index >= 15 is 0 Å². The van der Waals surface area contributed by atoms with Crippen molar-refractivity contribution in [2.75, 3.05) is 52.4 Å². The van der Waals surface area contributed by atoms with Crippen molar-refractivity contribution in [1.29, 1.82) is 0 Å². The second-order valence-electron chi connectivity index (χ2n) is 12.0. The Balaban J connectivity index is 1.33. The minimum Gasteiger partial charge on any atom is -0.368 e. The van der Waals surface area contributed by atoms with Gasteiger partial charge in [-0.1, -0.05) is 12.5 Å². The van der Waals surface area contributed by atoms with Crippen LogP contribution in [0.15, 0.2) is 36.4 Å². The summed E-state index contributed by atoms with van der Waals surface area (Å²) >= 11 is 0. The largest absolute Gasteiger partial charge is 0.416 e. The van der Waals surface area contributed by atoms with Gasteiger partial charge in [-0.3, -0.25) is 4.90 Å². The number of likely N-dealkylation sites (tertiary alicyclic amines) is 2. The maximum absolute atomic E-state index is 14.4. The van der Waals surface area contributed by atoms with Gasteiger partial charge >= 0.3 is 12.4 Å². The third kappa shape index (κ3) is 7.87. The van der Waals surface area contributed by atoms with Gasteiger partial charge in [0.05, 0.1) is 17.7 Å². The molecular weight excluding hydrogens is 582 g/mol. The second kappa shape index (κ2) is 13.0. The van der Waals surface area contributed by atoms with E-state index in [1.54, 1.807) is 4.90 Å². The van der Waals surface area contributed by atoms with Crippen molar-refractivity contribution in [3.05, 3.63) is 70.3 Å². The first-order valence-electron chi connectivity index (χ1n) is 14.9. The van der Waals surface area contributed by atoms with Crippen LogP contribution < -0.4 is 0 Å². The van der Waals surface area contributed by atoms with Gasteiger partial charge in [-0.25, -0.2) is 8.78 Å².